The van der Waals surface area contributed by atoms with Gasteiger partial charge in [0.1, 0.15) is 5.75 Å². The number of hydrogen-bond acceptors (Lipinski definition) is 6. The van der Waals surface area contributed by atoms with Crippen LogP contribution in [-0.4, -0.2) is 27.5 Å². The van der Waals surface area contributed by atoms with Gasteiger partial charge in [0.05, 0.1) is 7.11 Å². The van der Waals surface area contributed by atoms with E-state index in [1.165, 1.54) is 6.33 Å². The molecule has 0 saturated carbocycles. The molecule has 0 atom stereocenters. The highest BCUT2D eigenvalue weighted by atomic mass is 16.5. The van der Waals surface area contributed by atoms with E-state index in [0.717, 1.165) is 11.3 Å². The first kappa shape index (κ1) is 10.3. The number of nitrogens with zero attached hydrogens (tertiary/aromatic N) is 4. The maximum atomic E-state index is 5.07. The number of hydrogen-bond donors (Lipinski definition) is 1. The summed E-state index contributed by atoms with van der Waals surface area (Å²) >= 11 is 0. The van der Waals surface area contributed by atoms with Gasteiger partial charge in [-0.1, -0.05) is 12.1 Å². The van der Waals surface area contributed by atoms with Gasteiger partial charge in [0.15, 0.2) is 6.33 Å². The lowest BCUT2D eigenvalue weighted by Gasteiger charge is -2.04. The summed E-state index contributed by atoms with van der Waals surface area (Å²) in [6.07, 6.45) is 1.29. The van der Waals surface area contributed by atoms with E-state index >= 15 is 0 Å². The lowest BCUT2D eigenvalue weighted by atomic mass is 10.2. The zero-order valence-electron chi connectivity index (χ0n) is 8.79. The zero-order valence-corrected chi connectivity index (χ0v) is 8.79. The molecule has 0 unspecified atom stereocenters. The molecule has 82 valence electrons. The summed E-state index contributed by atoms with van der Waals surface area (Å²) in [5.74, 6) is 1.25. The minimum Gasteiger partial charge on any atom is -0.497 e. The molecule has 1 N–H and O–H groups in total. The molecular formula is C10H11N5O. The summed E-state index contributed by atoms with van der Waals surface area (Å²) < 4.78 is 5.07. The second-order valence-corrected chi connectivity index (χ2v) is 3.07. The Hall–Kier alpha value is -2.24. The number of rotatable bonds is 4. The molecule has 0 spiro atoms. The molecule has 1 aromatic carbocycles. The number of nitrogens with one attached hydrogen (secondary N) is 1. The topological polar surface area (TPSA) is 72.8 Å². The predicted molar refractivity (Wildman–Crippen MR) is 57.9 cm³/mol. The Morgan fingerprint density at radius 1 is 1.12 bits per heavy atom. The van der Waals surface area contributed by atoms with Crippen LogP contribution in [0.4, 0.5) is 5.95 Å². The summed E-state index contributed by atoms with van der Waals surface area (Å²) in [6, 6.07) is 7.74. The molecule has 1 heterocycles. The third-order valence-electron chi connectivity index (χ3n) is 2.02. The minimum absolute atomic E-state index is 0.415. The fraction of sp³-hybridized carbons (Fsp3) is 0.200. The monoisotopic (exact) mass is 217 g/mol. The molecule has 0 saturated heterocycles. The highest BCUT2D eigenvalue weighted by Crippen LogP contribution is 2.11. The highest BCUT2D eigenvalue weighted by molar-refractivity contribution is 5.30. The third-order valence-corrected chi connectivity index (χ3v) is 2.02. The summed E-state index contributed by atoms with van der Waals surface area (Å²) in [7, 11) is 1.64. The minimum atomic E-state index is 0.415. The summed E-state index contributed by atoms with van der Waals surface area (Å²) in [5, 5.41) is 17.8. The van der Waals surface area contributed by atoms with Gasteiger partial charge in [0, 0.05) is 6.54 Å². The average Bonchev–Trinajstić information content (AvgIpc) is 2.38. The van der Waals surface area contributed by atoms with Gasteiger partial charge in [-0.3, -0.25) is 0 Å². The Morgan fingerprint density at radius 3 is 2.44 bits per heavy atom. The van der Waals surface area contributed by atoms with Crippen LogP contribution in [0.3, 0.4) is 0 Å². The lowest BCUT2D eigenvalue weighted by Crippen LogP contribution is -2.05. The Morgan fingerprint density at radius 2 is 1.81 bits per heavy atom. The highest BCUT2D eigenvalue weighted by Gasteiger charge is 1.97. The summed E-state index contributed by atoms with van der Waals surface area (Å²) in [5.41, 5.74) is 1.10. The summed E-state index contributed by atoms with van der Waals surface area (Å²) in [6.45, 7) is 0.622. The van der Waals surface area contributed by atoms with Gasteiger partial charge in [-0.15, -0.1) is 20.4 Å². The molecule has 2 rings (SSSR count). The van der Waals surface area contributed by atoms with E-state index in [9.17, 15) is 0 Å². The molecule has 2 aromatic rings. The Balaban J connectivity index is 1.94. The van der Waals surface area contributed by atoms with Crippen LogP contribution in [0.2, 0.25) is 0 Å². The predicted octanol–water partition coefficient (Wildman–Crippen LogP) is 0.887. The smallest absolute Gasteiger partial charge is 0.262 e. The number of benzene rings is 1. The van der Waals surface area contributed by atoms with Crippen LogP contribution in [0.5, 0.6) is 5.75 Å². The van der Waals surface area contributed by atoms with Crippen molar-refractivity contribution in [1.29, 1.82) is 0 Å². The fourth-order valence-electron chi connectivity index (χ4n) is 1.20. The number of ether oxygens (including phenoxy) is 1. The van der Waals surface area contributed by atoms with E-state index in [4.69, 9.17) is 4.74 Å². The maximum Gasteiger partial charge on any atom is 0.262 e. The van der Waals surface area contributed by atoms with Gasteiger partial charge in [-0.2, -0.15) is 0 Å². The quantitative estimate of drug-likeness (QED) is 0.819. The molecule has 0 amide bonds. The number of aromatic nitrogens is 4. The molecule has 6 nitrogen and oxygen atoms in total. The Labute approximate surface area is 92.7 Å². The largest absolute Gasteiger partial charge is 0.497 e. The van der Waals surface area contributed by atoms with Crippen molar-refractivity contribution in [1.82, 2.24) is 20.4 Å². The van der Waals surface area contributed by atoms with Gasteiger partial charge >= 0.3 is 0 Å². The van der Waals surface area contributed by atoms with Crippen LogP contribution in [0.15, 0.2) is 30.6 Å². The van der Waals surface area contributed by atoms with Crippen LogP contribution in [0, 0.1) is 0 Å². The van der Waals surface area contributed by atoms with Crippen molar-refractivity contribution in [3.05, 3.63) is 36.2 Å². The number of anilines is 1. The van der Waals surface area contributed by atoms with Gasteiger partial charge in [0.2, 0.25) is 0 Å². The second kappa shape index (κ2) is 5.01. The van der Waals surface area contributed by atoms with Crippen molar-refractivity contribution in [2.45, 2.75) is 6.54 Å². The van der Waals surface area contributed by atoms with Crippen molar-refractivity contribution in [3.8, 4) is 5.75 Å². The molecule has 6 heteroatoms. The number of methoxy groups -OCH3 is 1. The van der Waals surface area contributed by atoms with Crippen molar-refractivity contribution >= 4 is 5.95 Å². The van der Waals surface area contributed by atoms with Crippen LogP contribution in [0.1, 0.15) is 5.56 Å². The van der Waals surface area contributed by atoms with Gasteiger partial charge in [-0.25, -0.2) is 0 Å². The standard InChI is InChI=1S/C10H11N5O/c1-16-9-4-2-8(3-5-9)6-11-10-14-12-7-13-15-10/h2-5,7H,6H2,1H3,(H,11,14,15). The molecular weight excluding hydrogens is 206 g/mol. The molecule has 0 aliphatic rings. The third kappa shape index (κ3) is 2.63. The van der Waals surface area contributed by atoms with Gasteiger partial charge in [0.25, 0.3) is 5.95 Å². The molecule has 0 radical (unpaired) electrons. The van der Waals surface area contributed by atoms with Crippen molar-refractivity contribution in [2.24, 2.45) is 0 Å². The molecule has 0 bridgehead atoms. The molecule has 0 aliphatic carbocycles. The maximum absolute atomic E-state index is 5.07. The molecule has 0 aliphatic heterocycles. The normalized spacial score (nSPS) is 9.81. The van der Waals surface area contributed by atoms with Crippen molar-refractivity contribution in [3.63, 3.8) is 0 Å². The van der Waals surface area contributed by atoms with E-state index in [1.807, 2.05) is 24.3 Å². The van der Waals surface area contributed by atoms with Crippen LogP contribution in [-0.2, 0) is 6.54 Å². The van der Waals surface area contributed by atoms with Crippen LogP contribution < -0.4 is 10.1 Å². The average molecular weight is 217 g/mol. The van der Waals surface area contributed by atoms with Crippen LogP contribution >= 0.6 is 0 Å². The van der Waals surface area contributed by atoms with E-state index in [2.05, 4.69) is 25.7 Å². The Kier molecular flexibility index (Phi) is 3.22. The fourth-order valence-corrected chi connectivity index (χ4v) is 1.20. The van der Waals surface area contributed by atoms with Crippen LogP contribution in [0.25, 0.3) is 0 Å². The van der Waals surface area contributed by atoms with E-state index in [0.29, 0.717) is 12.5 Å². The van der Waals surface area contributed by atoms with E-state index in [1.54, 1.807) is 7.11 Å². The molecule has 1 aromatic heterocycles. The Bertz CT molecular complexity index is 431. The second-order valence-electron chi connectivity index (χ2n) is 3.07. The molecule has 16 heavy (non-hydrogen) atoms. The van der Waals surface area contributed by atoms with Crippen molar-refractivity contribution in [2.75, 3.05) is 12.4 Å². The molecule has 0 fully saturated rings. The summed E-state index contributed by atoms with van der Waals surface area (Å²) in [4.78, 5) is 0. The first-order valence-electron chi connectivity index (χ1n) is 4.75. The van der Waals surface area contributed by atoms with E-state index < -0.39 is 0 Å². The zero-order chi connectivity index (χ0) is 11.2. The van der Waals surface area contributed by atoms with Gasteiger partial charge in [-0.05, 0) is 17.7 Å². The van der Waals surface area contributed by atoms with E-state index in [-0.39, 0.29) is 0 Å². The van der Waals surface area contributed by atoms with Crippen molar-refractivity contribution < 1.29 is 4.74 Å². The SMILES string of the molecule is COc1ccc(CNc2nncnn2)cc1. The van der Waals surface area contributed by atoms with Gasteiger partial charge < -0.3 is 10.1 Å². The first-order valence-corrected chi connectivity index (χ1v) is 4.75. The first-order chi connectivity index (χ1) is 7.88. The lowest BCUT2D eigenvalue weighted by molar-refractivity contribution is 0.414.